The van der Waals surface area contributed by atoms with E-state index in [-0.39, 0.29) is 17.7 Å². The van der Waals surface area contributed by atoms with Crippen molar-refractivity contribution < 1.29 is 13.5 Å². The molecule has 3 rings (SSSR count). The number of sulfone groups is 1. The Hall–Kier alpha value is -1.18. The zero-order valence-electron chi connectivity index (χ0n) is 16.1. The van der Waals surface area contributed by atoms with Crippen LogP contribution < -0.4 is 4.90 Å². The van der Waals surface area contributed by atoms with E-state index in [2.05, 4.69) is 14.8 Å². The molecule has 6 nitrogen and oxygen atoms in total. The highest BCUT2D eigenvalue weighted by Gasteiger charge is 2.34. The zero-order valence-corrected chi connectivity index (χ0v) is 16.9. The third-order valence-electron chi connectivity index (χ3n) is 5.67. The summed E-state index contributed by atoms with van der Waals surface area (Å²) >= 11 is 0. The summed E-state index contributed by atoms with van der Waals surface area (Å²) in [6.07, 6.45) is 6.18. The lowest BCUT2D eigenvalue weighted by Crippen LogP contribution is -2.43. The van der Waals surface area contributed by atoms with Crippen LogP contribution in [0.25, 0.3) is 0 Å². The van der Waals surface area contributed by atoms with Crippen LogP contribution in [-0.4, -0.2) is 66.5 Å². The third kappa shape index (κ3) is 3.75. The highest BCUT2D eigenvalue weighted by atomic mass is 32.2. The van der Waals surface area contributed by atoms with Crippen molar-refractivity contribution in [1.29, 1.82) is 0 Å². The number of hydrogen-bond acceptors (Lipinski definition) is 6. The maximum Gasteiger partial charge on any atom is 0.200 e. The topological polar surface area (TPSA) is 73.7 Å². The molecule has 2 fully saturated rings. The van der Waals surface area contributed by atoms with Gasteiger partial charge in [-0.2, -0.15) is 0 Å². The van der Waals surface area contributed by atoms with Gasteiger partial charge >= 0.3 is 0 Å². The van der Waals surface area contributed by atoms with Crippen LogP contribution in [0.5, 0.6) is 0 Å². The van der Waals surface area contributed by atoms with Gasteiger partial charge in [-0.05, 0) is 65.1 Å². The lowest BCUT2D eigenvalue weighted by Gasteiger charge is -2.32. The lowest BCUT2D eigenvalue weighted by atomic mass is 10.1. The quantitative estimate of drug-likeness (QED) is 0.842. The van der Waals surface area contributed by atoms with E-state index in [1.54, 1.807) is 33.0 Å². The van der Waals surface area contributed by atoms with Crippen molar-refractivity contribution in [2.45, 2.75) is 68.3 Å². The molecule has 2 atom stereocenters. The van der Waals surface area contributed by atoms with E-state index in [1.807, 2.05) is 6.07 Å². The number of likely N-dealkylation sites (tertiary alicyclic amines) is 1. The van der Waals surface area contributed by atoms with Crippen LogP contribution in [0.15, 0.2) is 23.4 Å². The molecule has 146 valence electrons. The summed E-state index contributed by atoms with van der Waals surface area (Å²) in [5.41, 5.74) is 0.986. The van der Waals surface area contributed by atoms with Gasteiger partial charge in [0, 0.05) is 25.2 Å². The fourth-order valence-corrected chi connectivity index (χ4v) is 5.06. The van der Waals surface area contributed by atoms with Crippen LogP contribution in [0.4, 0.5) is 5.69 Å². The van der Waals surface area contributed by atoms with Crippen molar-refractivity contribution in [2.24, 2.45) is 0 Å². The molecule has 1 aromatic rings. The van der Waals surface area contributed by atoms with Crippen LogP contribution in [0.1, 0.15) is 46.5 Å². The molecule has 3 heterocycles. The van der Waals surface area contributed by atoms with Crippen molar-refractivity contribution in [3.63, 3.8) is 0 Å². The number of anilines is 1. The highest BCUT2D eigenvalue weighted by molar-refractivity contribution is 7.92. The number of nitrogens with zero attached hydrogens (tertiary/aromatic N) is 3. The maximum absolute atomic E-state index is 12.5. The van der Waals surface area contributed by atoms with E-state index >= 15 is 0 Å². The van der Waals surface area contributed by atoms with Crippen LogP contribution in [0, 0.1) is 0 Å². The minimum atomic E-state index is -3.43. The number of rotatable bonds is 5. The molecule has 0 aliphatic carbocycles. The maximum atomic E-state index is 12.5. The molecular formula is C19H31N3O3S. The van der Waals surface area contributed by atoms with Gasteiger partial charge in [0.1, 0.15) is 0 Å². The summed E-state index contributed by atoms with van der Waals surface area (Å²) in [6, 6.07) is 4.21. The van der Waals surface area contributed by atoms with Gasteiger partial charge < -0.3 is 10.0 Å². The van der Waals surface area contributed by atoms with Gasteiger partial charge in [-0.3, -0.25) is 4.90 Å². The molecule has 2 saturated heterocycles. The van der Waals surface area contributed by atoms with E-state index in [4.69, 9.17) is 0 Å². The van der Waals surface area contributed by atoms with Gasteiger partial charge in [0.05, 0.1) is 23.2 Å². The Kier molecular flexibility index (Phi) is 5.61. The van der Waals surface area contributed by atoms with Crippen molar-refractivity contribution in [2.75, 3.05) is 31.1 Å². The predicted molar refractivity (Wildman–Crippen MR) is 103 cm³/mol. The van der Waals surface area contributed by atoms with Crippen molar-refractivity contribution in [3.8, 4) is 0 Å². The van der Waals surface area contributed by atoms with Gasteiger partial charge in [0.2, 0.25) is 0 Å². The first-order chi connectivity index (χ1) is 12.2. The molecule has 2 unspecified atom stereocenters. The highest BCUT2D eigenvalue weighted by Crippen LogP contribution is 2.29. The first kappa shape index (κ1) is 19.6. The largest absolute Gasteiger partial charge is 0.395 e. The average Bonchev–Trinajstić information content (AvgIpc) is 3.23. The van der Waals surface area contributed by atoms with Crippen LogP contribution in [0.3, 0.4) is 0 Å². The second kappa shape index (κ2) is 7.44. The summed E-state index contributed by atoms with van der Waals surface area (Å²) < 4.78 is 24.2. The first-order valence-electron chi connectivity index (χ1n) is 9.56. The number of hydrogen-bond donors (Lipinski definition) is 1. The molecule has 0 aromatic carbocycles. The second-order valence-electron chi connectivity index (χ2n) is 8.43. The SMILES string of the molecule is CC(C)(C)S(=O)(=O)c1ccc(N2CCCC2CN2CCCC2CO)cn1. The molecule has 1 N–H and O–H groups in total. The lowest BCUT2D eigenvalue weighted by molar-refractivity contribution is 0.153. The Balaban J connectivity index is 1.74. The fourth-order valence-electron chi connectivity index (χ4n) is 3.99. The van der Waals surface area contributed by atoms with E-state index < -0.39 is 14.6 Å². The Bertz CT molecular complexity index is 713. The fraction of sp³-hybridized carbons (Fsp3) is 0.737. The van der Waals surface area contributed by atoms with Crippen LogP contribution in [0.2, 0.25) is 0 Å². The molecule has 7 heteroatoms. The summed E-state index contributed by atoms with van der Waals surface area (Å²) in [5, 5.41) is 9.69. The predicted octanol–water partition coefficient (Wildman–Crippen LogP) is 2.08. The summed E-state index contributed by atoms with van der Waals surface area (Å²) in [5.74, 6) is 0. The van der Waals surface area contributed by atoms with E-state index in [0.29, 0.717) is 6.04 Å². The van der Waals surface area contributed by atoms with Crippen molar-refractivity contribution in [3.05, 3.63) is 18.3 Å². The van der Waals surface area contributed by atoms with Crippen LogP contribution in [-0.2, 0) is 9.84 Å². The van der Waals surface area contributed by atoms with Gasteiger partial charge in [-0.1, -0.05) is 0 Å². The van der Waals surface area contributed by atoms with E-state index in [1.165, 1.54) is 0 Å². The first-order valence-corrected chi connectivity index (χ1v) is 11.0. The normalized spacial score (nSPS) is 25.2. The van der Waals surface area contributed by atoms with Gasteiger partial charge in [-0.15, -0.1) is 0 Å². The molecule has 2 aliphatic heterocycles. The second-order valence-corrected chi connectivity index (χ2v) is 11.1. The minimum absolute atomic E-state index is 0.143. The summed E-state index contributed by atoms with van der Waals surface area (Å²) in [4.78, 5) is 9.01. The van der Waals surface area contributed by atoms with Gasteiger partial charge in [0.15, 0.2) is 14.9 Å². The molecule has 0 bridgehead atoms. The number of aliphatic hydroxyl groups is 1. The molecule has 0 amide bonds. The standard InChI is InChI=1S/C19H31N3O3S/c1-19(2,3)26(24,25)18-9-8-15(12-20-18)22-11-5-6-16(22)13-21-10-4-7-17(21)14-23/h8-9,12,16-17,23H,4-7,10-11,13-14H2,1-3H3. The molecule has 0 radical (unpaired) electrons. The Morgan fingerprint density at radius 2 is 1.85 bits per heavy atom. The third-order valence-corrected chi connectivity index (χ3v) is 8.07. The molecular weight excluding hydrogens is 350 g/mol. The Labute approximate surface area is 157 Å². The summed E-state index contributed by atoms with van der Waals surface area (Å²) in [6.45, 7) is 8.29. The number of aliphatic hydroxyl groups excluding tert-OH is 1. The van der Waals surface area contributed by atoms with Gasteiger partial charge in [0.25, 0.3) is 0 Å². The van der Waals surface area contributed by atoms with E-state index in [0.717, 1.165) is 51.0 Å². The van der Waals surface area contributed by atoms with Gasteiger partial charge in [-0.25, -0.2) is 13.4 Å². The van der Waals surface area contributed by atoms with Crippen LogP contribution >= 0.6 is 0 Å². The minimum Gasteiger partial charge on any atom is -0.395 e. The zero-order chi connectivity index (χ0) is 18.9. The molecule has 1 aromatic heterocycles. The van der Waals surface area contributed by atoms with Crippen molar-refractivity contribution in [1.82, 2.24) is 9.88 Å². The number of aromatic nitrogens is 1. The molecule has 26 heavy (non-hydrogen) atoms. The van der Waals surface area contributed by atoms with Crippen molar-refractivity contribution >= 4 is 15.5 Å². The summed E-state index contributed by atoms with van der Waals surface area (Å²) in [7, 11) is -3.43. The average molecular weight is 382 g/mol. The smallest absolute Gasteiger partial charge is 0.200 e. The Morgan fingerprint density at radius 1 is 1.15 bits per heavy atom. The number of pyridine rings is 1. The molecule has 0 saturated carbocycles. The monoisotopic (exact) mass is 381 g/mol. The molecule has 0 spiro atoms. The Morgan fingerprint density at radius 3 is 2.46 bits per heavy atom. The molecule has 2 aliphatic rings. The van der Waals surface area contributed by atoms with E-state index in [9.17, 15) is 13.5 Å².